The lowest BCUT2D eigenvalue weighted by atomic mass is 9.95. The summed E-state index contributed by atoms with van der Waals surface area (Å²) >= 11 is 3.37. The van der Waals surface area contributed by atoms with Crippen molar-refractivity contribution in [1.82, 2.24) is 9.88 Å². The maximum absolute atomic E-state index is 11.7. The molecule has 0 radical (unpaired) electrons. The van der Waals surface area contributed by atoms with E-state index in [1.165, 1.54) is 0 Å². The van der Waals surface area contributed by atoms with Gasteiger partial charge < -0.3 is 14.6 Å². The second-order valence-electron chi connectivity index (χ2n) is 3.90. The van der Waals surface area contributed by atoms with Gasteiger partial charge in [0.05, 0.1) is 19.8 Å². The van der Waals surface area contributed by atoms with Crippen molar-refractivity contribution in [3.63, 3.8) is 0 Å². The number of nitrogens with zero attached hydrogens (tertiary/aromatic N) is 1. The van der Waals surface area contributed by atoms with Crippen LogP contribution in [0, 0.1) is 0 Å². The summed E-state index contributed by atoms with van der Waals surface area (Å²) in [5, 5.41) is 2.99. The molecule has 3 rings (SSSR count). The summed E-state index contributed by atoms with van der Waals surface area (Å²) in [6.45, 7) is 2.04. The van der Waals surface area contributed by atoms with E-state index < -0.39 is 0 Å². The first-order valence-corrected chi connectivity index (χ1v) is 5.24. The van der Waals surface area contributed by atoms with Crippen LogP contribution in [-0.4, -0.2) is 29.2 Å². The smallest absolute Gasteiger partial charge is 0.268 e. The molecule has 0 atom stereocenters. The number of amides is 1. The highest BCUT2D eigenvalue weighted by molar-refractivity contribution is 9.10. The van der Waals surface area contributed by atoms with Gasteiger partial charge in [0.25, 0.3) is 5.91 Å². The van der Waals surface area contributed by atoms with E-state index in [4.69, 9.17) is 4.74 Å². The summed E-state index contributed by atoms with van der Waals surface area (Å²) in [5.41, 5.74) is 0.567. The highest BCUT2D eigenvalue weighted by Gasteiger charge is 2.44. The Balaban J connectivity index is 2.03. The van der Waals surface area contributed by atoms with Crippen LogP contribution in [0.5, 0.6) is 0 Å². The maximum atomic E-state index is 11.7. The molecule has 2 aliphatic rings. The summed E-state index contributed by atoms with van der Waals surface area (Å²) in [4.78, 5) is 11.7. The van der Waals surface area contributed by atoms with Crippen molar-refractivity contribution in [2.45, 2.75) is 12.1 Å². The summed E-state index contributed by atoms with van der Waals surface area (Å²) in [7, 11) is 0. The molecule has 0 unspecified atom stereocenters. The first-order valence-electron chi connectivity index (χ1n) is 4.45. The zero-order chi connectivity index (χ0) is 9.76. The van der Waals surface area contributed by atoms with Gasteiger partial charge >= 0.3 is 0 Å². The molecule has 14 heavy (non-hydrogen) atoms. The monoisotopic (exact) mass is 256 g/mol. The first-order chi connectivity index (χ1) is 6.69. The number of carbonyl (C=O) groups is 1. The quantitative estimate of drug-likeness (QED) is 0.745. The summed E-state index contributed by atoms with van der Waals surface area (Å²) in [6, 6.07) is 1.84. The lowest BCUT2D eigenvalue weighted by Gasteiger charge is -2.44. The minimum atomic E-state index is -0.150. The molecule has 0 aliphatic carbocycles. The Hall–Kier alpha value is -0.810. The van der Waals surface area contributed by atoms with Gasteiger partial charge in [-0.05, 0) is 22.0 Å². The Morgan fingerprint density at radius 3 is 3.00 bits per heavy atom. The van der Waals surface area contributed by atoms with E-state index in [-0.39, 0.29) is 11.4 Å². The Morgan fingerprint density at radius 2 is 2.36 bits per heavy atom. The zero-order valence-corrected chi connectivity index (χ0v) is 9.00. The van der Waals surface area contributed by atoms with Crippen LogP contribution >= 0.6 is 15.9 Å². The molecular weight excluding hydrogens is 248 g/mol. The fraction of sp³-hybridized carbons (Fsp3) is 0.444. The van der Waals surface area contributed by atoms with Gasteiger partial charge in [-0.25, -0.2) is 0 Å². The number of carbonyl (C=O) groups excluding carboxylic acids is 1. The zero-order valence-electron chi connectivity index (χ0n) is 7.42. The standard InChI is InChI=1S/C9H9BrN2O2/c10-6-1-7-8(13)11-9(4-14-5-9)3-12(7)2-6/h1-2H,3-5H2,(H,11,13). The fourth-order valence-corrected chi connectivity index (χ4v) is 2.44. The number of ether oxygens (including phenoxy) is 1. The predicted octanol–water partition coefficient (Wildman–Crippen LogP) is 0.763. The van der Waals surface area contributed by atoms with Crippen LogP contribution in [0.1, 0.15) is 10.5 Å². The summed E-state index contributed by atoms with van der Waals surface area (Å²) in [5.74, 6) is -0.00903. The molecule has 1 N–H and O–H groups in total. The second kappa shape index (κ2) is 2.61. The largest absolute Gasteiger partial charge is 0.376 e. The van der Waals surface area contributed by atoms with Gasteiger partial charge in [-0.15, -0.1) is 0 Å². The fourth-order valence-electron chi connectivity index (χ4n) is 1.98. The number of rotatable bonds is 0. The number of fused-ring (bicyclic) bond motifs is 1. The van der Waals surface area contributed by atoms with Gasteiger partial charge in [-0.1, -0.05) is 0 Å². The molecule has 1 aromatic rings. The lowest BCUT2D eigenvalue weighted by molar-refractivity contribution is -0.0810. The van der Waals surface area contributed by atoms with Crippen LogP contribution < -0.4 is 5.32 Å². The average molecular weight is 257 g/mol. The van der Waals surface area contributed by atoms with Gasteiger partial charge in [-0.3, -0.25) is 4.79 Å². The molecule has 0 aromatic carbocycles. The number of hydrogen-bond acceptors (Lipinski definition) is 2. The van der Waals surface area contributed by atoms with E-state index in [2.05, 4.69) is 21.2 Å². The second-order valence-corrected chi connectivity index (χ2v) is 4.81. The highest BCUT2D eigenvalue weighted by Crippen LogP contribution is 2.27. The molecule has 1 aromatic heterocycles. The van der Waals surface area contributed by atoms with Crippen molar-refractivity contribution in [3.05, 3.63) is 22.4 Å². The number of nitrogens with one attached hydrogen (secondary N) is 1. The van der Waals surface area contributed by atoms with Crippen molar-refractivity contribution in [3.8, 4) is 0 Å². The minimum Gasteiger partial charge on any atom is -0.376 e. The summed E-state index contributed by atoms with van der Waals surface area (Å²) in [6.07, 6.45) is 1.94. The summed E-state index contributed by atoms with van der Waals surface area (Å²) < 4.78 is 8.07. The molecule has 1 amide bonds. The number of aromatic nitrogens is 1. The van der Waals surface area contributed by atoms with Crippen molar-refractivity contribution in [2.75, 3.05) is 13.2 Å². The highest BCUT2D eigenvalue weighted by atomic mass is 79.9. The molecule has 3 heterocycles. The average Bonchev–Trinajstić information content (AvgIpc) is 2.43. The molecule has 0 saturated carbocycles. The Kier molecular flexibility index (Phi) is 1.58. The van der Waals surface area contributed by atoms with Crippen LogP contribution in [0.2, 0.25) is 0 Å². The van der Waals surface area contributed by atoms with Crippen molar-refractivity contribution in [1.29, 1.82) is 0 Å². The van der Waals surface area contributed by atoms with Crippen LogP contribution in [-0.2, 0) is 11.3 Å². The van der Waals surface area contributed by atoms with E-state index in [9.17, 15) is 4.79 Å². The molecule has 1 spiro atoms. The maximum Gasteiger partial charge on any atom is 0.268 e. The molecule has 74 valence electrons. The number of halogens is 1. The SMILES string of the molecule is O=C1NC2(COC2)Cn2cc(Br)cc21. The normalized spacial score (nSPS) is 22.8. The third-order valence-electron chi connectivity index (χ3n) is 2.70. The Bertz CT molecular complexity index is 409. The molecule has 1 fully saturated rings. The lowest BCUT2D eigenvalue weighted by Crippen LogP contribution is -2.66. The van der Waals surface area contributed by atoms with Gasteiger partial charge in [0.2, 0.25) is 0 Å². The molecule has 0 bridgehead atoms. The number of hydrogen-bond donors (Lipinski definition) is 1. The van der Waals surface area contributed by atoms with E-state index in [1.54, 1.807) is 0 Å². The van der Waals surface area contributed by atoms with Gasteiger partial charge in [0.15, 0.2) is 0 Å². The third-order valence-corrected chi connectivity index (χ3v) is 3.14. The third kappa shape index (κ3) is 1.05. The van der Waals surface area contributed by atoms with E-state index in [0.29, 0.717) is 13.2 Å². The van der Waals surface area contributed by atoms with Crippen LogP contribution in [0.4, 0.5) is 0 Å². The van der Waals surface area contributed by atoms with Crippen LogP contribution in [0.15, 0.2) is 16.7 Å². The van der Waals surface area contributed by atoms with Crippen molar-refractivity contribution >= 4 is 21.8 Å². The molecule has 5 heteroatoms. The van der Waals surface area contributed by atoms with Gasteiger partial charge in [0.1, 0.15) is 11.2 Å². The van der Waals surface area contributed by atoms with Crippen molar-refractivity contribution < 1.29 is 9.53 Å². The van der Waals surface area contributed by atoms with Crippen LogP contribution in [0.3, 0.4) is 0 Å². The van der Waals surface area contributed by atoms with Crippen LogP contribution in [0.25, 0.3) is 0 Å². The first kappa shape index (κ1) is 8.49. The van der Waals surface area contributed by atoms with E-state index in [0.717, 1.165) is 16.7 Å². The molecule has 2 aliphatic heterocycles. The minimum absolute atomic E-state index is 0.00903. The molecule has 4 nitrogen and oxygen atoms in total. The van der Waals surface area contributed by atoms with Crippen molar-refractivity contribution in [2.24, 2.45) is 0 Å². The molecular formula is C9H9BrN2O2. The Morgan fingerprint density at radius 1 is 1.57 bits per heavy atom. The van der Waals surface area contributed by atoms with E-state index in [1.807, 2.05) is 16.8 Å². The molecule has 1 saturated heterocycles. The predicted molar refractivity (Wildman–Crippen MR) is 53.1 cm³/mol. The van der Waals surface area contributed by atoms with Gasteiger partial charge in [-0.2, -0.15) is 0 Å². The van der Waals surface area contributed by atoms with E-state index >= 15 is 0 Å². The Labute approximate surface area is 89.4 Å². The van der Waals surface area contributed by atoms with Gasteiger partial charge in [0, 0.05) is 10.7 Å². The topological polar surface area (TPSA) is 43.3 Å².